The van der Waals surface area contributed by atoms with Gasteiger partial charge in [-0.1, -0.05) is 42.5 Å². The number of phenolic OH excluding ortho intramolecular Hbond substituents is 1. The van der Waals surface area contributed by atoms with Gasteiger partial charge in [-0.3, -0.25) is 0 Å². The Labute approximate surface area is 157 Å². The third-order valence-corrected chi connectivity index (χ3v) is 8.64. The first-order valence-corrected chi connectivity index (χ1v) is 10.7. The standard InChI is InChI=1S/C20H19NO3S2/c1-16-13-14-17(22)15-20(16)26(23,24)21(2)25(18-9-5-3-6-10-18)19-11-7-4-8-12-19/h3-15H,1-2H3/p+1. The highest BCUT2D eigenvalue weighted by molar-refractivity contribution is 8.07. The Morgan fingerprint density at radius 1 is 0.846 bits per heavy atom. The van der Waals surface area contributed by atoms with E-state index < -0.39 is 21.1 Å². The van der Waals surface area contributed by atoms with Gasteiger partial charge in [0.1, 0.15) is 5.75 Å². The minimum absolute atomic E-state index is 0.0677. The fraction of sp³-hybridized carbons (Fsp3) is 0.100. The summed E-state index contributed by atoms with van der Waals surface area (Å²) in [6, 6.07) is 23.5. The van der Waals surface area contributed by atoms with Crippen LogP contribution >= 0.6 is 0 Å². The van der Waals surface area contributed by atoms with Gasteiger partial charge in [0.05, 0.1) is 11.9 Å². The zero-order valence-electron chi connectivity index (χ0n) is 14.5. The summed E-state index contributed by atoms with van der Waals surface area (Å²) in [5.74, 6) is -0.0677. The summed E-state index contributed by atoms with van der Waals surface area (Å²) in [5.41, 5.74) is 0.597. The minimum atomic E-state index is -3.80. The van der Waals surface area contributed by atoms with E-state index in [0.29, 0.717) is 5.56 Å². The van der Waals surface area contributed by atoms with Crippen LogP contribution in [-0.2, 0) is 21.1 Å². The van der Waals surface area contributed by atoms with Gasteiger partial charge in [0.25, 0.3) is 10.0 Å². The summed E-state index contributed by atoms with van der Waals surface area (Å²) < 4.78 is 28.0. The smallest absolute Gasteiger partial charge is 0.282 e. The molecule has 3 aromatic carbocycles. The molecule has 0 saturated carbocycles. The Kier molecular flexibility index (Phi) is 5.36. The second-order valence-corrected chi connectivity index (χ2v) is 10.0. The van der Waals surface area contributed by atoms with Crippen molar-refractivity contribution in [1.29, 1.82) is 0 Å². The predicted molar refractivity (Wildman–Crippen MR) is 105 cm³/mol. The van der Waals surface area contributed by atoms with E-state index in [2.05, 4.69) is 0 Å². The Balaban J connectivity index is 2.14. The number of sulfonamides is 1. The highest BCUT2D eigenvalue weighted by Crippen LogP contribution is 2.32. The lowest BCUT2D eigenvalue weighted by atomic mass is 10.2. The molecule has 0 amide bonds. The zero-order valence-corrected chi connectivity index (χ0v) is 16.2. The molecular formula is C20H20NO3S2+. The quantitative estimate of drug-likeness (QED) is 0.675. The lowest BCUT2D eigenvalue weighted by molar-refractivity contribution is 0.472. The van der Waals surface area contributed by atoms with Gasteiger partial charge in [0.15, 0.2) is 20.9 Å². The average molecular weight is 387 g/mol. The molecule has 0 unspecified atom stereocenters. The molecule has 0 radical (unpaired) electrons. The van der Waals surface area contributed by atoms with Crippen molar-refractivity contribution in [1.82, 2.24) is 3.71 Å². The lowest BCUT2D eigenvalue weighted by Gasteiger charge is -2.18. The predicted octanol–water partition coefficient (Wildman–Crippen LogP) is 3.97. The second-order valence-electron chi connectivity index (χ2n) is 5.78. The number of benzene rings is 3. The van der Waals surface area contributed by atoms with Crippen LogP contribution in [0.2, 0.25) is 0 Å². The molecule has 0 bridgehead atoms. The Bertz CT molecular complexity index is 951. The van der Waals surface area contributed by atoms with Crippen molar-refractivity contribution in [2.75, 3.05) is 7.05 Å². The normalized spacial score (nSPS) is 11.8. The SMILES string of the molecule is Cc1ccc(O)cc1S(=O)(=O)N(C)[S+](c1ccccc1)c1ccccc1. The van der Waals surface area contributed by atoms with Crippen LogP contribution in [0.25, 0.3) is 0 Å². The van der Waals surface area contributed by atoms with Crippen molar-refractivity contribution in [3.05, 3.63) is 84.4 Å². The largest absolute Gasteiger partial charge is 0.508 e. The van der Waals surface area contributed by atoms with Gasteiger partial charge in [-0.15, -0.1) is 0 Å². The second kappa shape index (κ2) is 7.53. The highest BCUT2D eigenvalue weighted by atomic mass is 32.3. The van der Waals surface area contributed by atoms with Crippen LogP contribution in [0.15, 0.2) is 93.5 Å². The third-order valence-electron chi connectivity index (χ3n) is 3.98. The van der Waals surface area contributed by atoms with Crippen LogP contribution in [0.4, 0.5) is 0 Å². The Morgan fingerprint density at radius 3 is 1.85 bits per heavy atom. The first-order chi connectivity index (χ1) is 12.4. The van der Waals surface area contributed by atoms with Crippen LogP contribution in [0.3, 0.4) is 0 Å². The van der Waals surface area contributed by atoms with E-state index in [1.54, 1.807) is 20.0 Å². The number of hydrogen-bond acceptors (Lipinski definition) is 3. The first-order valence-electron chi connectivity index (χ1n) is 8.04. The molecule has 0 aromatic heterocycles. The third kappa shape index (κ3) is 3.62. The molecule has 0 fully saturated rings. The number of aryl methyl sites for hydroxylation is 1. The molecule has 0 heterocycles. The van der Waals surface area contributed by atoms with Crippen molar-refractivity contribution in [3.63, 3.8) is 0 Å². The average Bonchev–Trinajstić information content (AvgIpc) is 2.65. The molecular weight excluding hydrogens is 366 g/mol. The summed E-state index contributed by atoms with van der Waals surface area (Å²) in [6.45, 7) is 1.73. The summed E-state index contributed by atoms with van der Waals surface area (Å²) in [6.07, 6.45) is 0. The molecule has 1 N–H and O–H groups in total. The molecule has 0 aliphatic carbocycles. The van der Waals surface area contributed by atoms with Crippen LogP contribution < -0.4 is 0 Å². The molecule has 4 nitrogen and oxygen atoms in total. The van der Waals surface area contributed by atoms with Crippen LogP contribution in [0, 0.1) is 6.92 Å². The van der Waals surface area contributed by atoms with Gasteiger partial charge in [0.2, 0.25) is 0 Å². The van der Waals surface area contributed by atoms with E-state index in [1.165, 1.54) is 15.8 Å². The highest BCUT2D eigenvalue weighted by Gasteiger charge is 2.41. The van der Waals surface area contributed by atoms with Crippen molar-refractivity contribution in [3.8, 4) is 5.75 Å². The molecule has 0 spiro atoms. The lowest BCUT2D eigenvalue weighted by Crippen LogP contribution is -2.34. The molecule has 0 atom stereocenters. The summed E-state index contributed by atoms with van der Waals surface area (Å²) in [7, 11) is -2.22. The Hall–Kier alpha value is -2.28. The van der Waals surface area contributed by atoms with E-state index in [-0.39, 0.29) is 10.6 Å². The summed E-state index contributed by atoms with van der Waals surface area (Å²) in [5, 5.41) is 9.77. The zero-order chi connectivity index (χ0) is 18.7. The van der Waals surface area contributed by atoms with Crippen molar-refractivity contribution in [2.45, 2.75) is 21.6 Å². The molecule has 3 aromatic rings. The molecule has 0 saturated heterocycles. The number of hydrogen-bond donors (Lipinski definition) is 1. The number of aromatic hydroxyl groups is 1. The van der Waals surface area contributed by atoms with Gasteiger partial charge in [-0.05, 0) is 46.5 Å². The van der Waals surface area contributed by atoms with E-state index in [9.17, 15) is 13.5 Å². The molecule has 134 valence electrons. The molecule has 26 heavy (non-hydrogen) atoms. The van der Waals surface area contributed by atoms with Crippen LogP contribution in [-0.4, -0.2) is 24.3 Å². The van der Waals surface area contributed by atoms with Gasteiger partial charge < -0.3 is 5.11 Å². The first kappa shape index (κ1) is 18.5. The summed E-state index contributed by atoms with van der Waals surface area (Å²) in [4.78, 5) is 1.93. The fourth-order valence-corrected chi connectivity index (χ4v) is 6.89. The van der Waals surface area contributed by atoms with Crippen LogP contribution in [0.1, 0.15) is 5.56 Å². The van der Waals surface area contributed by atoms with E-state index >= 15 is 0 Å². The van der Waals surface area contributed by atoms with Gasteiger partial charge in [0, 0.05) is 6.07 Å². The minimum Gasteiger partial charge on any atom is -0.508 e. The summed E-state index contributed by atoms with van der Waals surface area (Å²) >= 11 is -0.817. The maximum atomic E-state index is 13.3. The maximum absolute atomic E-state index is 13.3. The fourth-order valence-electron chi connectivity index (χ4n) is 2.64. The molecule has 6 heteroatoms. The monoisotopic (exact) mass is 386 g/mol. The Morgan fingerprint density at radius 2 is 1.35 bits per heavy atom. The van der Waals surface area contributed by atoms with Crippen molar-refractivity contribution < 1.29 is 13.5 Å². The van der Waals surface area contributed by atoms with E-state index in [4.69, 9.17) is 0 Å². The van der Waals surface area contributed by atoms with Gasteiger partial charge >= 0.3 is 0 Å². The number of rotatable bonds is 5. The van der Waals surface area contributed by atoms with Crippen molar-refractivity contribution >= 4 is 21.1 Å². The van der Waals surface area contributed by atoms with E-state index in [0.717, 1.165) is 9.79 Å². The maximum Gasteiger partial charge on any atom is 0.282 e. The van der Waals surface area contributed by atoms with Gasteiger partial charge in [-0.2, -0.15) is 0 Å². The van der Waals surface area contributed by atoms with Crippen LogP contribution in [0.5, 0.6) is 5.75 Å². The van der Waals surface area contributed by atoms with E-state index in [1.807, 2.05) is 60.7 Å². The molecule has 3 rings (SSSR count). The molecule has 0 aliphatic rings. The topological polar surface area (TPSA) is 57.6 Å². The van der Waals surface area contributed by atoms with Gasteiger partial charge in [-0.25, -0.2) is 8.42 Å². The number of nitrogens with zero attached hydrogens (tertiary/aromatic N) is 1. The molecule has 0 aliphatic heterocycles. The number of phenols is 1. The van der Waals surface area contributed by atoms with Crippen molar-refractivity contribution in [2.24, 2.45) is 0 Å².